The Labute approximate surface area is 178 Å². The molecule has 1 aromatic carbocycles. The van der Waals surface area contributed by atoms with E-state index in [0.29, 0.717) is 16.1 Å². The number of thiophene rings is 1. The normalized spacial score (nSPS) is 10.3. The maximum atomic E-state index is 12.1. The van der Waals surface area contributed by atoms with Gasteiger partial charge in [-0.25, -0.2) is 4.79 Å². The average Bonchev–Trinajstić information content (AvgIpc) is 2.99. The van der Waals surface area contributed by atoms with Gasteiger partial charge in [-0.1, -0.05) is 18.2 Å². The molecule has 2 rings (SSSR count). The summed E-state index contributed by atoms with van der Waals surface area (Å²) in [5.74, 6) is -2.02. The standard InChI is InChI=1S/C21H24N2O6S/c1-12-7-5-6-8-15(12)19(26)22-10-9-17(25)29-11-16(24)23-20-18(21(27)28-4)13(2)14(3)30-20/h5-8H,9-11H2,1-4H3,(H,22,26)(H,23,24). The molecule has 0 aliphatic rings. The highest BCUT2D eigenvalue weighted by Crippen LogP contribution is 2.32. The lowest BCUT2D eigenvalue weighted by molar-refractivity contribution is -0.147. The molecule has 2 aromatic rings. The van der Waals surface area contributed by atoms with Crippen molar-refractivity contribution in [2.75, 3.05) is 25.6 Å². The Morgan fingerprint density at radius 2 is 1.77 bits per heavy atom. The fraction of sp³-hybridized carbons (Fsp3) is 0.333. The van der Waals surface area contributed by atoms with E-state index in [4.69, 9.17) is 9.47 Å². The molecule has 0 aliphatic heterocycles. The van der Waals surface area contributed by atoms with Crippen molar-refractivity contribution in [1.82, 2.24) is 5.32 Å². The summed E-state index contributed by atoms with van der Waals surface area (Å²) in [7, 11) is 1.26. The summed E-state index contributed by atoms with van der Waals surface area (Å²) < 4.78 is 9.69. The third kappa shape index (κ3) is 5.90. The van der Waals surface area contributed by atoms with Gasteiger partial charge >= 0.3 is 11.9 Å². The van der Waals surface area contributed by atoms with Gasteiger partial charge in [-0.2, -0.15) is 0 Å². The summed E-state index contributed by atoms with van der Waals surface area (Å²) in [6, 6.07) is 7.12. The van der Waals surface area contributed by atoms with Crippen molar-refractivity contribution in [3.63, 3.8) is 0 Å². The topological polar surface area (TPSA) is 111 Å². The predicted octanol–water partition coefficient (Wildman–Crippen LogP) is 2.76. The smallest absolute Gasteiger partial charge is 0.341 e. The molecule has 0 atom stereocenters. The van der Waals surface area contributed by atoms with Gasteiger partial charge in [0.25, 0.3) is 11.8 Å². The van der Waals surface area contributed by atoms with Crippen LogP contribution in [0.25, 0.3) is 0 Å². The van der Waals surface area contributed by atoms with E-state index < -0.39 is 24.5 Å². The lowest BCUT2D eigenvalue weighted by Crippen LogP contribution is -2.28. The number of rotatable bonds is 8. The molecule has 9 heteroatoms. The van der Waals surface area contributed by atoms with Crippen LogP contribution < -0.4 is 10.6 Å². The average molecular weight is 432 g/mol. The minimum atomic E-state index is -0.623. The molecule has 2 N–H and O–H groups in total. The number of anilines is 1. The molecule has 1 aromatic heterocycles. The van der Waals surface area contributed by atoms with E-state index in [0.717, 1.165) is 16.0 Å². The number of methoxy groups -OCH3 is 1. The number of esters is 2. The van der Waals surface area contributed by atoms with Crippen LogP contribution in [-0.2, 0) is 19.1 Å². The highest BCUT2D eigenvalue weighted by Gasteiger charge is 2.22. The molecular formula is C21H24N2O6S. The van der Waals surface area contributed by atoms with Crippen LogP contribution in [-0.4, -0.2) is 44.0 Å². The molecule has 0 saturated carbocycles. The van der Waals surface area contributed by atoms with E-state index >= 15 is 0 Å². The van der Waals surface area contributed by atoms with Crippen LogP contribution in [0.1, 0.15) is 43.1 Å². The minimum Gasteiger partial charge on any atom is -0.465 e. The third-order valence-electron chi connectivity index (χ3n) is 4.40. The summed E-state index contributed by atoms with van der Waals surface area (Å²) in [6.45, 7) is 5.00. The first-order chi connectivity index (χ1) is 14.2. The summed E-state index contributed by atoms with van der Waals surface area (Å²) in [6.07, 6.45) is -0.0739. The van der Waals surface area contributed by atoms with E-state index in [2.05, 4.69) is 10.6 Å². The predicted molar refractivity (Wildman–Crippen MR) is 113 cm³/mol. The first-order valence-corrected chi connectivity index (χ1v) is 10.0. The van der Waals surface area contributed by atoms with Gasteiger partial charge in [0.2, 0.25) is 0 Å². The number of hydrogen-bond acceptors (Lipinski definition) is 7. The van der Waals surface area contributed by atoms with Crippen LogP contribution in [0.5, 0.6) is 0 Å². The van der Waals surface area contributed by atoms with Crippen LogP contribution in [0.2, 0.25) is 0 Å². The molecule has 0 fully saturated rings. The van der Waals surface area contributed by atoms with E-state index in [1.807, 2.05) is 26.0 Å². The quantitative estimate of drug-likeness (QED) is 0.621. The van der Waals surface area contributed by atoms with Crippen molar-refractivity contribution in [2.45, 2.75) is 27.2 Å². The zero-order chi connectivity index (χ0) is 22.3. The number of carbonyl (C=O) groups excluding carboxylic acids is 4. The first-order valence-electron chi connectivity index (χ1n) is 9.22. The molecule has 0 unspecified atom stereocenters. The monoisotopic (exact) mass is 432 g/mol. The fourth-order valence-corrected chi connectivity index (χ4v) is 3.71. The number of hydrogen-bond donors (Lipinski definition) is 2. The van der Waals surface area contributed by atoms with E-state index in [9.17, 15) is 19.2 Å². The maximum absolute atomic E-state index is 12.1. The lowest BCUT2D eigenvalue weighted by Gasteiger charge is -2.09. The van der Waals surface area contributed by atoms with Crippen LogP contribution in [0, 0.1) is 20.8 Å². The Kier molecular flexibility index (Phi) is 8.11. The molecule has 2 amide bonds. The Balaban J connectivity index is 1.79. The van der Waals surface area contributed by atoms with Gasteiger partial charge in [-0.15, -0.1) is 11.3 Å². The Morgan fingerprint density at radius 1 is 1.07 bits per heavy atom. The van der Waals surface area contributed by atoms with E-state index in [-0.39, 0.29) is 18.9 Å². The molecule has 160 valence electrons. The van der Waals surface area contributed by atoms with Gasteiger partial charge in [0, 0.05) is 17.0 Å². The first kappa shape index (κ1) is 23.1. The summed E-state index contributed by atoms with van der Waals surface area (Å²) in [5, 5.41) is 5.57. The second-order valence-corrected chi connectivity index (χ2v) is 7.73. The Bertz CT molecular complexity index is 966. The minimum absolute atomic E-state index is 0.0739. The van der Waals surface area contributed by atoms with Crippen LogP contribution in [0.15, 0.2) is 24.3 Å². The molecule has 0 bridgehead atoms. The van der Waals surface area contributed by atoms with Crippen LogP contribution in [0.4, 0.5) is 5.00 Å². The van der Waals surface area contributed by atoms with Crippen molar-refractivity contribution in [3.8, 4) is 0 Å². The molecule has 1 heterocycles. The van der Waals surface area contributed by atoms with Crippen molar-refractivity contribution in [1.29, 1.82) is 0 Å². The van der Waals surface area contributed by atoms with Crippen molar-refractivity contribution in [2.24, 2.45) is 0 Å². The van der Waals surface area contributed by atoms with Crippen molar-refractivity contribution in [3.05, 3.63) is 51.4 Å². The van der Waals surface area contributed by atoms with Crippen molar-refractivity contribution < 1.29 is 28.7 Å². The zero-order valence-electron chi connectivity index (χ0n) is 17.3. The molecule has 0 aliphatic carbocycles. The number of nitrogens with one attached hydrogen (secondary N) is 2. The second-order valence-electron chi connectivity index (χ2n) is 6.51. The van der Waals surface area contributed by atoms with Crippen LogP contribution in [0.3, 0.4) is 0 Å². The second kappa shape index (κ2) is 10.5. The van der Waals surface area contributed by atoms with Gasteiger partial charge in [0.05, 0.1) is 19.1 Å². The third-order valence-corrected chi connectivity index (χ3v) is 5.52. The van der Waals surface area contributed by atoms with Crippen LogP contribution >= 0.6 is 11.3 Å². The summed E-state index contributed by atoms with van der Waals surface area (Å²) in [5.41, 5.74) is 2.38. The number of aryl methyl sites for hydroxylation is 2. The number of carbonyl (C=O) groups is 4. The molecule has 30 heavy (non-hydrogen) atoms. The molecule has 0 saturated heterocycles. The number of ether oxygens (including phenoxy) is 2. The summed E-state index contributed by atoms with van der Waals surface area (Å²) in [4.78, 5) is 48.8. The highest BCUT2D eigenvalue weighted by molar-refractivity contribution is 7.16. The molecule has 0 spiro atoms. The van der Waals surface area contributed by atoms with E-state index in [1.54, 1.807) is 19.1 Å². The van der Waals surface area contributed by atoms with Gasteiger partial charge in [-0.05, 0) is 38.0 Å². The SMILES string of the molecule is COC(=O)c1c(NC(=O)COC(=O)CCNC(=O)c2ccccc2C)sc(C)c1C. The zero-order valence-corrected chi connectivity index (χ0v) is 18.1. The molecule has 8 nitrogen and oxygen atoms in total. The lowest BCUT2D eigenvalue weighted by atomic mass is 10.1. The Hall–Kier alpha value is -3.20. The van der Waals surface area contributed by atoms with E-state index in [1.165, 1.54) is 18.4 Å². The van der Waals surface area contributed by atoms with Crippen molar-refractivity contribution >= 4 is 40.1 Å². The highest BCUT2D eigenvalue weighted by atomic mass is 32.1. The fourth-order valence-electron chi connectivity index (χ4n) is 2.64. The largest absolute Gasteiger partial charge is 0.465 e. The van der Waals surface area contributed by atoms with Gasteiger partial charge < -0.3 is 20.1 Å². The summed E-state index contributed by atoms with van der Waals surface area (Å²) >= 11 is 1.24. The van der Waals surface area contributed by atoms with Gasteiger partial charge in [-0.3, -0.25) is 14.4 Å². The number of benzene rings is 1. The number of amides is 2. The van der Waals surface area contributed by atoms with Gasteiger partial charge in [0.1, 0.15) is 5.00 Å². The van der Waals surface area contributed by atoms with Gasteiger partial charge in [0.15, 0.2) is 6.61 Å². The molecule has 0 radical (unpaired) electrons. The Morgan fingerprint density at radius 3 is 2.43 bits per heavy atom. The molecular weight excluding hydrogens is 408 g/mol. The maximum Gasteiger partial charge on any atom is 0.341 e.